The third-order valence-corrected chi connectivity index (χ3v) is 5.77. The number of hydrogen-bond acceptors (Lipinski definition) is 4. The molecule has 1 N–H and O–H groups in total. The number of alkyl halides is 1. The first-order chi connectivity index (χ1) is 9.94. The van der Waals surface area contributed by atoms with E-state index in [2.05, 4.69) is 34.8 Å². The molecule has 21 heavy (non-hydrogen) atoms. The Labute approximate surface area is 137 Å². The van der Waals surface area contributed by atoms with Crippen LogP contribution in [-0.4, -0.2) is 50.1 Å². The third kappa shape index (κ3) is 2.90. The number of fused-ring (bicyclic) bond motifs is 1. The topological polar surface area (TPSA) is 70.0 Å². The number of carboxylic acids is 1. The van der Waals surface area contributed by atoms with Gasteiger partial charge in [-0.1, -0.05) is 29.8 Å². The van der Waals surface area contributed by atoms with Gasteiger partial charge in [-0.05, 0) is 24.8 Å². The average molecular weight is 375 g/mol. The summed E-state index contributed by atoms with van der Waals surface area (Å²) < 4.78 is 0. The van der Waals surface area contributed by atoms with Crippen molar-refractivity contribution >= 4 is 45.8 Å². The molecular weight excluding hydrogens is 356 g/mol. The molecule has 116 valence electrons. The summed E-state index contributed by atoms with van der Waals surface area (Å²) in [7, 11) is 0. The highest BCUT2D eigenvalue weighted by Gasteiger charge is 2.63. The van der Waals surface area contributed by atoms with Crippen LogP contribution in [0.25, 0.3) is 0 Å². The van der Waals surface area contributed by atoms with Gasteiger partial charge in [0.2, 0.25) is 0 Å². The largest absolute Gasteiger partial charge is 0.477 e. The van der Waals surface area contributed by atoms with Crippen molar-refractivity contribution in [2.24, 2.45) is 10.9 Å². The van der Waals surface area contributed by atoms with E-state index < -0.39 is 11.5 Å². The number of β-lactam (4-membered cyclic amide) rings is 1. The predicted octanol–water partition coefficient (Wildman–Crippen LogP) is 2.51. The Hall–Kier alpha value is -0.820. The maximum atomic E-state index is 12.5. The second kappa shape index (κ2) is 6.52. The van der Waals surface area contributed by atoms with Crippen molar-refractivity contribution in [3.05, 3.63) is 11.8 Å². The average Bonchev–Trinajstić information content (AvgIpc) is 2.45. The first-order valence-electron chi connectivity index (χ1n) is 6.92. The Bertz CT molecular complexity index is 506. The minimum absolute atomic E-state index is 0.0812. The van der Waals surface area contributed by atoms with Crippen molar-refractivity contribution in [3.8, 4) is 0 Å². The summed E-state index contributed by atoms with van der Waals surface area (Å²) in [6, 6.07) is 0. The van der Waals surface area contributed by atoms with Gasteiger partial charge < -0.3 is 5.11 Å². The third-order valence-electron chi connectivity index (χ3n) is 3.64. The molecule has 1 amide bonds. The number of halogens is 1. The van der Waals surface area contributed by atoms with Gasteiger partial charge in [-0.25, -0.2) is 4.79 Å². The Balaban J connectivity index is 2.14. The Morgan fingerprint density at radius 3 is 3.00 bits per heavy atom. The van der Waals surface area contributed by atoms with Crippen molar-refractivity contribution in [1.29, 1.82) is 0 Å². The van der Waals surface area contributed by atoms with E-state index in [0.29, 0.717) is 17.0 Å². The number of carbonyl (C=O) groups excluding carboxylic acids is 1. The number of nitrogens with zero attached hydrogens (tertiary/aromatic N) is 2. The quantitative estimate of drug-likeness (QED) is 0.440. The monoisotopic (exact) mass is 374 g/mol. The maximum Gasteiger partial charge on any atom is 0.352 e. The second-order valence-electron chi connectivity index (χ2n) is 5.60. The Morgan fingerprint density at radius 2 is 2.43 bits per heavy atom. The molecule has 0 aromatic carbocycles. The van der Waals surface area contributed by atoms with Gasteiger partial charge in [0.05, 0.1) is 0 Å². The van der Waals surface area contributed by atoms with Crippen LogP contribution in [0, 0.1) is 5.92 Å². The normalized spacial score (nSPS) is 28.6. The van der Waals surface area contributed by atoms with E-state index in [0.717, 1.165) is 12.8 Å². The summed E-state index contributed by atoms with van der Waals surface area (Å²) in [5.41, 5.74) is -0.769. The standard InChI is InChI=1S/C14H19BrN2O3S/c1-9(2)4-3-6-16-14(8-15)12(20)17-10(11(18)19)5-7-21-13(14)17/h5-6,9,13H,3-4,7-8H2,1-2H3,(H,18,19)/t13-,14+/m0/s1. The van der Waals surface area contributed by atoms with Crippen molar-refractivity contribution < 1.29 is 14.7 Å². The second-order valence-corrected chi connectivity index (χ2v) is 7.27. The Kier molecular flexibility index (Phi) is 5.14. The van der Waals surface area contributed by atoms with Crippen LogP contribution in [0.4, 0.5) is 0 Å². The molecule has 0 spiro atoms. The molecule has 2 rings (SSSR count). The van der Waals surface area contributed by atoms with Crippen LogP contribution >= 0.6 is 27.7 Å². The van der Waals surface area contributed by atoms with Crippen LogP contribution in [0.2, 0.25) is 0 Å². The smallest absolute Gasteiger partial charge is 0.352 e. The van der Waals surface area contributed by atoms with Crippen LogP contribution in [0.3, 0.4) is 0 Å². The summed E-state index contributed by atoms with van der Waals surface area (Å²) in [6.07, 6.45) is 5.26. The van der Waals surface area contributed by atoms with E-state index in [-0.39, 0.29) is 17.0 Å². The summed E-state index contributed by atoms with van der Waals surface area (Å²) in [4.78, 5) is 29.5. The molecule has 7 heteroatoms. The van der Waals surface area contributed by atoms with Gasteiger partial charge >= 0.3 is 5.97 Å². The number of rotatable bonds is 6. The zero-order chi connectivity index (χ0) is 15.6. The summed E-state index contributed by atoms with van der Waals surface area (Å²) >= 11 is 4.94. The zero-order valence-corrected chi connectivity index (χ0v) is 14.5. The fourth-order valence-corrected chi connectivity index (χ4v) is 4.66. The number of carboxylic acid groups (broad SMARTS) is 1. The summed E-state index contributed by atoms with van der Waals surface area (Å²) in [5, 5.41) is 9.36. The molecule has 0 saturated carbocycles. The van der Waals surface area contributed by atoms with Gasteiger partial charge in [-0.15, -0.1) is 11.8 Å². The summed E-state index contributed by atoms with van der Waals surface area (Å²) in [5.74, 6) is -0.103. The molecule has 2 aliphatic rings. The van der Waals surface area contributed by atoms with Crippen molar-refractivity contribution in [2.75, 3.05) is 11.1 Å². The lowest BCUT2D eigenvalue weighted by molar-refractivity contribution is -0.152. The molecule has 0 radical (unpaired) electrons. The van der Waals surface area contributed by atoms with E-state index in [9.17, 15) is 14.7 Å². The SMILES string of the molecule is CC(C)CCC=N[C@]1(CBr)C(=O)N2C(C(=O)O)=CCS[C@H]21. The number of aliphatic imine (C=N–C) groups is 1. The van der Waals surface area contributed by atoms with Gasteiger partial charge in [0.25, 0.3) is 5.91 Å². The molecule has 0 aliphatic carbocycles. The lowest BCUT2D eigenvalue weighted by atomic mass is 9.89. The van der Waals surface area contributed by atoms with E-state index in [1.165, 1.54) is 4.90 Å². The molecule has 2 heterocycles. The number of amides is 1. The first kappa shape index (κ1) is 16.5. The Morgan fingerprint density at radius 1 is 1.71 bits per heavy atom. The summed E-state index contributed by atoms with van der Waals surface area (Å²) in [6.45, 7) is 4.29. The van der Waals surface area contributed by atoms with Gasteiger partial charge in [0.1, 0.15) is 11.1 Å². The van der Waals surface area contributed by atoms with E-state index >= 15 is 0 Å². The van der Waals surface area contributed by atoms with Crippen molar-refractivity contribution in [1.82, 2.24) is 4.90 Å². The number of hydrogen-bond donors (Lipinski definition) is 1. The highest BCUT2D eigenvalue weighted by atomic mass is 79.9. The lowest BCUT2D eigenvalue weighted by Crippen LogP contribution is -2.73. The molecule has 1 saturated heterocycles. The van der Waals surface area contributed by atoms with Gasteiger partial charge in [0, 0.05) is 17.3 Å². The molecule has 0 aromatic rings. The van der Waals surface area contributed by atoms with Gasteiger partial charge in [-0.3, -0.25) is 14.7 Å². The van der Waals surface area contributed by atoms with E-state index in [4.69, 9.17) is 0 Å². The minimum Gasteiger partial charge on any atom is -0.477 e. The molecule has 0 unspecified atom stereocenters. The maximum absolute atomic E-state index is 12.5. The van der Waals surface area contributed by atoms with E-state index in [1.807, 2.05) is 6.21 Å². The van der Waals surface area contributed by atoms with Gasteiger partial charge in [0.15, 0.2) is 5.54 Å². The van der Waals surface area contributed by atoms with Crippen LogP contribution in [0.15, 0.2) is 16.8 Å². The fraction of sp³-hybridized carbons (Fsp3) is 0.643. The number of aliphatic carboxylic acids is 1. The molecular formula is C14H19BrN2O3S. The number of carbonyl (C=O) groups is 2. The minimum atomic E-state index is -1.05. The van der Waals surface area contributed by atoms with Gasteiger partial charge in [-0.2, -0.15) is 0 Å². The molecule has 0 bridgehead atoms. The highest BCUT2D eigenvalue weighted by Crippen LogP contribution is 2.47. The lowest BCUT2D eigenvalue weighted by Gasteiger charge is -2.53. The van der Waals surface area contributed by atoms with Crippen LogP contribution < -0.4 is 0 Å². The van der Waals surface area contributed by atoms with Crippen LogP contribution in [0.5, 0.6) is 0 Å². The molecule has 1 fully saturated rings. The molecule has 2 atom stereocenters. The number of thioether (sulfide) groups is 1. The first-order valence-corrected chi connectivity index (χ1v) is 9.09. The fourth-order valence-electron chi connectivity index (χ4n) is 2.44. The molecule has 2 aliphatic heterocycles. The molecule has 0 aromatic heterocycles. The van der Waals surface area contributed by atoms with Crippen LogP contribution in [0.1, 0.15) is 26.7 Å². The van der Waals surface area contributed by atoms with Crippen LogP contribution in [-0.2, 0) is 9.59 Å². The van der Waals surface area contributed by atoms with Crippen molar-refractivity contribution in [2.45, 2.75) is 37.6 Å². The molecule has 5 nitrogen and oxygen atoms in total. The van der Waals surface area contributed by atoms with Crippen molar-refractivity contribution in [3.63, 3.8) is 0 Å². The highest BCUT2D eigenvalue weighted by molar-refractivity contribution is 9.09. The predicted molar refractivity (Wildman–Crippen MR) is 87.9 cm³/mol. The van der Waals surface area contributed by atoms with E-state index in [1.54, 1.807) is 17.8 Å². The zero-order valence-electron chi connectivity index (χ0n) is 12.1.